The van der Waals surface area contributed by atoms with Crippen LogP contribution in [0.5, 0.6) is 11.6 Å². The summed E-state index contributed by atoms with van der Waals surface area (Å²) < 4.78 is 17.3. The van der Waals surface area contributed by atoms with E-state index in [0.29, 0.717) is 42.4 Å². The van der Waals surface area contributed by atoms with E-state index < -0.39 is 24.0 Å². The zero-order chi connectivity index (χ0) is 38.1. The van der Waals surface area contributed by atoms with Crippen LogP contribution in [0.25, 0.3) is 10.4 Å². The number of aliphatic hydroxyl groups is 1. The average molecular weight is 767 g/mol. The molecule has 1 saturated heterocycles. The topological polar surface area (TPSA) is 196 Å². The Bertz CT molecular complexity index is 1850. The highest BCUT2D eigenvalue weighted by Gasteiger charge is 2.43. The third kappa shape index (κ3) is 10.6. The molecule has 4 atom stereocenters. The Morgan fingerprint density at radius 3 is 2.64 bits per heavy atom. The lowest BCUT2D eigenvalue weighted by atomic mass is 9.91. The summed E-state index contributed by atoms with van der Waals surface area (Å²) in [6.07, 6.45) is 1.12. The fraction of sp³-hybridized carbons (Fsp3) is 0.447. The number of aryl methyl sites for hydroxylation is 2. The number of aliphatic hydroxyl groups excluding tert-OH is 1. The van der Waals surface area contributed by atoms with Gasteiger partial charge in [0.1, 0.15) is 24.3 Å². The number of β-amino-alcohol motifs (C(OH)–C–C–N with tert-alkyl or cyclic N) is 1. The zero-order valence-electron chi connectivity index (χ0n) is 30.1. The molecule has 3 heterocycles. The van der Waals surface area contributed by atoms with Gasteiger partial charge in [-0.3, -0.25) is 14.4 Å². The molecule has 0 saturated carbocycles. The Balaban J connectivity index is 1.13. The molecule has 0 spiro atoms. The first-order valence-electron chi connectivity index (χ1n) is 17.7. The van der Waals surface area contributed by atoms with Gasteiger partial charge < -0.3 is 40.8 Å². The van der Waals surface area contributed by atoms with Gasteiger partial charge in [0.05, 0.1) is 33.8 Å². The predicted octanol–water partition coefficient (Wildman–Crippen LogP) is 4.76. The van der Waals surface area contributed by atoms with Gasteiger partial charge in [-0.15, -0.1) is 11.3 Å². The minimum atomic E-state index is -0.829. The number of nitrogens with zero attached hydrogens (tertiary/aromatic N) is 3. The molecule has 13 nitrogen and oxygen atoms in total. The molecule has 284 valence electrons. The van der Waals surface area contributed by atoms with Gasteiger partial charge in [0.25, 0.3) is 5.88 Å². The smallest absolute Gasteiger partial charge is 0.254 e. The molecular weight excluding hydrogens is 720 g/mol. The maximum Gasteiger partial charge on any atom is 0.254 e. The Labute approximate surface area is 318 Å². The van der Waals surface area contributed by atoms with Gasteiger partial charge in [0.2, 0.25) is 17.7 Å². The summed E-state index contributed by atoms with van der Waals surface area (Å²) >= 11 is 8.17. The number of hydrogen-bond acceptors (Lipinski definition) is 11. The Morgan fingerprint density at radius 2 is 1.94 bits per heavy atom. The van der Waals surface area contributed by atoms with Crippen LogP contribution in [-0.2, 0) is 27.3 Å². The first-order chi connectivity index (χ1) is 25.4. The van der Waals surface area contributed by atoms with E-state index in [-0.39, 0.29) is 62.2 Å². The number of likely N-dealkylation sites (tertiary alicyclic amines) is 1. The van der Waals surface area contributed by atoms with Crippen molar-refractivity contribution in [2.45, 2.75) is 83.5 Å². The summed E-state index contributed by atoms with van der Waals surface area (Å²) in [5, 5.41) is 18.0. The predicted molar refractivity (Wildman–Crippen MR) is 202 cm³/mol. The molecule has 5 rings (SSSR count). The van der Waals surface area contributed by atoms with Crippen LogP contribution in [0.3, 0.4) is 0 Å². The van der Waals surface area contributed by atoms with Crippen LogP contribution >= 0.6 is 22.9 Å². The van der Waals surface area contributed by atoms with E-state index in [1.165, 1.54) is 4.90 Å². The van der Waals surface area contributed by atoms with E-state index in [0.717, 1.165) is 27.3 Å². The minimum absolute atomic E-state index is 0.0391. The number of amides is 3. The molecule has 0 bridgehead atoms. The van der Waals surface area contributed by atoms with E-state index in [4.69, 9.17) is 37.1 Å². The molecule has 4 aromatic rings. The molecule has 3 unspecified atom stereocenters. The number of aromatic nitrogens is 2. The van der Waals surface area contributed by atoms with Crippen LogP contribution in [-0.4, -0.2) is 75.8 Å². The standard InChI is InChI=1S/C38H47ClN6O7S/c1-22(2)34(31-17-33(44-52-31)50-15-5-7-25-6-4-8-30(35(25)39)51-20-27(40)13-14-32(41)47)38(49)45-19-28(46)16-29(45)37(48)42-18-24-9-11-26(12-10-24)36-23(3)43-21-53-36/h4,6,8-12,17,21-22,27-29,34,46H,5,7,13-16,18-20,40H2,1-3H3,(H2,41,47)(H,42,48)/t27-,28?,29?,34?/m0/s1. The van der Waals surface area contributed by atoms with Crippen molar-refractivity contribution in [1.29, 1.82) is 0 Å². The van der Waals surface area contributed by atoms with Gasteiger partial charge in [-0.2, -0.15) is 0 Å². The fourth-order valence-corrected chi connectivity index (χ4v) is 7.36. The van der Waals surface area contributed by atoms with Crippen molar-refractivity contribution in [3.63, 3.8) is 0 Å². The zero-order valence-corrected chi connectivity index (χ0v) is 31.7. The number of carbonyl (C=O) groups is 3. The van der Waals surface area contributed by atoms with Crippen LogP contribution in [0, 0.1) is 12.8 Å². The van der Waals surface area contributed by atoms with Gasteiger partial charge in [-0.1, -0.05) is 61.8 Å². The van der Waals surface area contributed by atoms with Crippen LogP contribution in [0.1, 0.15) is 68.0 Å². The number of thiazole rings is 1. The summed E-state index contributed by atoms with van der Waals surface area (Å²) in [5.41, 5.74) is 16.8. The Morgan fingerprint density at radius 1 is 1.17 bits per heavy atom. The number of nitrogens with two attached hydrogens (primary N) is 2. The molecule has 0 aliphatic carbocycles. The average Bonchev–Trinajstić information content (AvgIpc) is 3.88. The Kier molecular flexibility index (Phi) is 13.9. The summed E-state index contributed by atoms with van der Waals surface area (Å²) in [6, 6.07) is 13.8. The quantitative estimate of drug-likeness (QED) is 0.103. The number of benzene rings is 2. The maximum atomic E-state index is 14.0. The Hall–Kier alpha value is -4.50. The fourth-order valence-electron chi connectivity index (χ4n) is 6.27. The lowest BCUT2D eigenvalue weighted by Crippen LogP contribution is -2.48. The van der Waals surface area contributed by atoms with Crippen LogP contribution in [0.4, 0.5) is 0 Å². The van der Waals surface area contributed by atoms with E-state index in [1.54, 1.807) is 23.5 Å². The summed E-state index contributed by atoms with van der Waals surface area (Å²) in [7, 11) is 0. The molecule has 1 aliphatic rings. The molecule has 6 N–H and O–H groups in total. The molecule has 2 aromatic carbocycles. The van der Waals surface area contributed by atoms with Crippen molar-refractivity contribution in [1.82, 2.24) is 20.4 Å². The molecule has 3 amide bonds. The molecular formula is C38H47ClN6O7S. The molecule has 1 aliphatic heterocycles. The second-order valence-corrected chi connectivity index (χ2v) is 14.9. The highest BCUT2D eigenvalue weighted by Crippen LogP contribution is 2.33. The minimum Gasteiger partial charge on any atom is -0.490 e. The number of ether oxygens (including phenoxy) is 2. The van der Waals surface area contributed by atoms with Crippen LogP contribution in [0.15, 0.2) is 58.6 Å². The third-order valence-corrected chi connectivity index (χ3v) is 10.5. The summed E-state index contributed by atoms with van der Waals surface area (Å²) in [5.74, 6) is -0.946. The first-order valence-corrected chi connectivity index (χ1v) is 19.0. The molecule has 15 heteroatoms. The summed E-state index contributed by atoms with van der Waals surface area (Å²) in [6.45, 7) is 6.58. The number of hydrogen-bond donors (Lipinski definition) is 4. The monoisotopic (exact) mass is 766 g/mol. The van der Waals surface area contributed by atoms with Gasteiger partial charge in [-0.05, 0) is 60.0 Å². The largest absolute Gasteiger partial charge is 0.490 e. The summed E-state index contributed by atoms with van der Waals surface area (Å²) in [4.78, 5) is 45.2. The van der Waals surface area contributed by atoms with Crippen molar-refractivity contribution in [2.75, 3.05) is 19.8 Å². The highest BCUT2D eigenvalue weighted by atomic mass is 35.5. The van der Waals surface area contributed by atoms with Gasteiger partial charge in [0.15, 0.2) is 5.76 Å². The van der Waals surface area contributed by atoms with Crippen molar-refractivity contribution in [3.05, 3.63) is 81.6 Å². The van der Waals surface area contributed by atoms with E-state index in [1.807, 2.05) is 62.7 Å². The maximum absolute atomic E-state index is 14.0. The second-order valence-electron chi connectivity index (χ2n) is 13.6. The molecule has 1 fully saturated rings. The molecule has 0 radical (unpaired) electrons. The number of nitrogens with one attached hydrogen (secondary N) is 1. The lowest BCUT2D eigenvalue weighted by Gasteiger charge is -2.28. The number of halogens is 1. The van der Waals surface area contributed by atoms with Crippen molar-refractivity contribution < 1.29 is 33.5 Å². The van der Waals surface area contributed by atoms with Crippen molar-refractivity contribution in [3.8, 4) is 22.1 Å². The van der Waals surface area contributed by atoms with E-state index in [2.05, 4.69) is 15.5 Å². The van der Waals surface area contributed by atoms with Gasteiger partial charge in [-0.25, -0.2) is 4.98 Å². The normalized spacial score (nSPS) is 16.8. The van der Waals surface area contributed by atoms with Gasteiger partial charge >= 0.3 is 0 Å². The second kappa shape index (κ2) is 18.5. The number of carbonyl (C=O) groups excluding carboxylic acids is 3. The third-order valence-electron chi connectivity index (χ3n) is 9.14. The van der Waals surface area contributed by atoms with Crippen molar-refractivity contribution >= 4 is 40.7 Å². The lowest BCUT2D eigenvalue weighted by molar-refractivity contribution is -0.141. The highest BCUT2D eigenvalue weighted by molar-refractivity contribution is 7.13. The van der Waals surface area contributed by atoms with Crippen LogP contribution < -0.4 is 26.3 Å². The van der Waals surface area contributed by atoms with Crippen LogP contribution in [0.2, 0.25) is 5.02 Å². The number of rotatable bonds is 18. The van der Waals surface area contributed by atoms with E-state index in [9.17, 15) is 19.5 Å². The molecule has 53 heavy (non-hydrogen) atoms. The number of primary amides is 1. The van der Waals surface area contributed by atoms with Crippen molar-refractivity contribution in [2.24, 2.45) is 17.4 Å². The van der Waals surface area contributed by atoms with Gasteiger partial charge in [0, 0.05) is 38.0 Å². The molecule has 2 aromatic heterocycles. The SMILES string of the molecule is Cc1ncsc1-c1ccc(CNC(=O)C2CC(O)CN2C(=O)C(c2cc(OCCCc3cccc(OC[C@@H](N)CCC(N)=O)c3Cl)no2)C(C)C)cc1. The first kappa shape index (κ1) is 39.7. The van der Waals surface area contributed by atoms with E-state index >= 15 is 0 Å².